The van der Waals surface area contributed by atoms with Gasteiger partial charge in [0.1, 0.15) is 12.1 Å². The minimum atomic E-state index is -4.61. The Kier molecular flexibility index (Phi) is 3.47. The van der Waals surface area contributed by atoms with E-state index in [1.54, 1.807) is 0 Å². The summed E-state index contributed by atoms with van der Waals surface area (Å²) in [5, 5.41) is 12.4. The Morgan fingerprint density at radius 1 is 1.50 bits per heavy atom. The van der Waals surface area contributed by atoms with Crippen LogP contribution in [0, 0.1) is 0 Å². The molecule has 0 aliphatic heterocycles. The van der Waals surface area contributed by atoms with Crippen LogP contribution in [0.5, 0.6) is 0 Å². The van der Waals surface area contributed by atoms with Gasteiger partial charge in [0.05, 0.1) is 6.42 Å². The van der Waals surface area contributed by atoms with Gasteiger partial charge in [0.2, 0.25) is 0 Å². The highest BCUT2D eigenvalue weighted by Crippen LogP contribution is 2.30. The molecule has 0 saturated carbocycles. The Bertz CT molecular complexity index is 639. The Morgan fingerprint density at radius 3 is 2.80 bits per heavy atom. The number of hydrogen-bond donors (Lipinski definition) is 1. The largest absolute Gasteiger partial charge is 0.481 e. The number of aromatic nitrogens is 4. The number of halogens is 3. The van der Waals surface area contributed by atoms with E-state index in [-0.39, 0.29) is 24.6 Å². The Hall–Kier alpha value is -2.39. The molecule has 0 atom stereocenters. The normalized spacial score (nSPS) is 11.8. The van der Waals surface area contributed by atoms with Crippen LogP contribution in [-0.2, 0) is 11.0 Å². The molecule has 2 heterocycles. The third-order valence-corrected chi connectivity index (χ3v) is 2.58. The van der Waals surface area contributed by atoms with Gasteiger partial charge in [-0.25, -0.2) is 4.98 Å². The number of carboxylic acid groups (broad SMARTS) is 1. The number of carbonyl (C=O) groups is 1. The molecule has 1 N–H and O–H groups in total. The highest BCUT2D eigenvalue weighted by Gasteiger charge is 2.34. The molecule has 2 rings (SSSR count). The van der Waals surface area contributed by atoms with Crippen LogP contribution in [0.4, 0.5) is 19.0 Å². The Balaban J connectivity index is 2.44. The molecule has 0 amide bonds. The minimum absolute atomic E-state index is 0.0333. The van der Waals surface area contributed by atoms with Crippen molar-refractivity contribution in [1.29, 1.82) is 0 Å². The zero-order valence-corrected chi connectivity index (χ0v) is 10.3. The molecule has 0 bridgehead atoms. The van der Waals surface area contributed by atoms with Crippen LogP contribution in [0.2, 0.25) is 0 Å². The van der Waals surface area contributed by atoms with Gasteiger partial charge in [0, 0.05) is 19.7 Å². The second-order valence-corrected chi connectivity index (χ2v) is 4.03. The van der Waals surface area contributed by atoms with E-state index in [0.29, 0.717) is 0 Å². The first-order valence-electron chi connectivity index (χ1n) is 5.50. The van der Waals surface area contributed by atoms with Crippen molar-refractivity contribution in [2.75, 3.05) is 18.5 Å². The van der Waals surface area contributed by atoms with Gasteiger partial charge in [-0.05, 0) is 0 Å². The van der Waals surface area contributed by atoms with Crippen molar-refractivity contribution in [3.05, 3.63) is 18.1 Å². The van der Waals surface area contributed by atoms with E-state index >= 15 is 0 Å². The van der Waals surface area contributed by atoms with Crippen LogP contribution in [0.15, 0.2) is 12.4 Å². The van der Waals surface area contributed by atoms with Gasteiger partial charge < -0.3 is 10.0 Å². The maximum atomic E-state index is 12.7. The van der Waals surface area contributed by atoms with Crippen LogP contribution in [0.3, 0.4) is 0 Å². The lowest BCUT2D eigenvalue weighted by molar-refractivity contribution is -0.141. The molecule has 0 aromatic carbocycles. The lowest BCUT2D eigenvalue weighted by atomic mass is 10.3. The number of alkyl halides is 3. The van der Waals surface area contributed by atoms with Crippen LogP contribution >= 0.6 is 0 Å². The number of anilines is 1. The summed E-state index contributed by atoms with van der Waals surface area (Å²) in [6, 6.07) is 0.809. The number of carboxylic acids is 1. The predicted molar refractivity (Wildman–Crippen MR) is 61.3 cm³/mol. The zero-order chi connectivity index (χ0) is 14.9. The van der Waals surface area contributed by atoms with E-state index < -0.39 is 17.8 Å². The highest BCUT2D eigenvalue weighted by atomic mass is 19.4. The van der Waals surface area contributed by atoms with Gasteiger partial charge >= 0.3 is 12.1 Å². The van der Waals surface area contributed by atoms with Gasteiger partial charge in [0.25, 0.3) is 5.78 Å². The first kappa shape index (κ1) is 14.0. The summed E-state index contributed by atoms with van der Waals surface area (Å²) in [6.07, 6.45) is -3.75. The van der Waals surface area contributed by atoms with Crippen molar-refractivity contribution >= 4 is 17.6 Å². The van der Waals surface area contributed by atoms with Crippen molar-refractivity contribution in [2.24, 2.45) is 0 Å². The van der Waals surface area contributed by atoms with E-state index in [0.717, 1.165) is 16.9 Å². The van der Waals surface area contributed by atoms with Gasteiger partial charge in [-0.3, -0.25) is 4.79 Å². The molecule has 108 valence electrons. The van der Waals surface area contributed by atoms with Crippen molar-refractivity contribution < 1.29 is 23.1 Å². The van der Waals surface area contributed by atoms with Gasteiger partial charge in [0.15, 0.2) is 5.69 Å². The zero-order valence-electron chi connectivity index (χ0n) is 10.3. The van der Waals surface area contributed by atoms with E-state index in [1.807, 2.05) is 0 Å². The Labute approximate surface area is 110 Å². The third kappa shape index (κ3) is 2.78. The van der Waals surface area contributed by atoms with Crippen LogP contribution in [0.25, 0.3) is 5.78 Å². The predicted octanol–water partition coefficient (Wildman–Crippen LogP) is 1.05. The summed E-state index contributed by atoms with van der Waals surface area (Å²) in [5.41, 5.74) is -1.10. The maximum Gasteiger partial charge on any atom is 0.433 e. The lowest BCUT2D eigenvalue weighted by Crippen LogP contribution is -2.25. The maximum absolute atomic E-state index is 12.7. The van der Waals surface area contributed by atoms with Gasteiger partial charge in [-0.2, -0.15) is 27.8 Å². The molecule has 0 fully saturated rings. The number of fused-ring (bicyclic) bond motifs is 1. The molecule has 2 aromatic rings. The van der Waals surface area contributed by atoms with Gasteiger partial charge in [-0.15, -0.1) is 0 Å². The minimum Gasteiger partial charge on any atom is -0.481 e. The standard InChI is InChI=1S/C10H10F3N5O2/c1-17(3-2-8(19)20)7-4-6(10(11,12)13)16-9-14-5-15-18(7)9/h4-5H,2-3H2,1H3,(H,19,20). The molecule has 0 spiro atoms. The monoisotopic (exact) mass is 289 g/mol. The number of hydrogen-bond acceptors (Lipinski definition) is 5. The van der Waals surface area contributed by atoms with E-state index in [9.17, 15) is 18.0 Å². The molecular formula is C10H10F3N5O2. The first-order chi connectivity index (χ1) is 9.29. The average molecular weight is 289 g/mol. The fourth-order valence-corrected chi connectivity index (χ4v) is 1.59. The molecular weight excluding hydrogens is 279 g/mol. The fraction of sp³-hybridized carbons (Fsp3) is 0.400. The van der Waals surface area contributed by atoms with Crippen molar-refractivity contribution in [1.82, 2.24) is 19.6 Å². The number of nitrogens with zero attached hydrogens (tertiary/aromatic N) is 5. The molecule has 0 unspecified atom stereocenters. The first-order valence-corrected chi connectivity index (χ1v) is 5.50. The second-order valence-electron chi connectivity index (χ2n) is 4.03. The van der Waals surface area contributed by atoms with E-state index in [1.165, 1.54) is 11.9 Å². The number of rotatable bonds is 4. The topological polar surface area (TPSA) is 83.6 Å². The van der Waals surface area contributed by atoms with Crippen LogP contribution in [0.1, 0.15) is 12.1 Å². The molecule has 10 heteroatoms. The van der Waals surface area contributed by atoms with Crippen LogP contribution < -0.4 is 4.90 Å². The van der Waals surface area contributed by atoms with Crippen LogP contribution in [-0.4, -0.2) is 44.3 Å². The molecule has 2 aromatic heterocycles. The van der Waals surface area contributed by atoms with E-state index in [4.69, 9.17) is 5.11 Å². The summed E-state index contributed by atoms with van der Waals surface area (Å²) in [5.74, 6) is -1.17. The summed E-state index contributed by atoms with van der Waals surface area (Å²) >= 11 is 0. The summed E-state index contributed by atoms with van der Waals surface area (Å²) < 4.78 is 39.4. The molecule has 0 saturated heterocycles. The highest BCUT2D eigenvalue weighted by molar-refractivity contribution is 5.67. The molecule has 0 aliphatic carbocycles. The van der Waals surface area contributed by atoms with Crippen molar-refractivity contribution in [2.45, 2.75) is 12.6 Å². The van der Waals surface area contributed by atoms with Gasteiger partial charge in [-0.1, -0.05) is 0 Å². The SMILES string of the molecule is CN(CCC(=O)O)c1cc(C(F)(F)F)nc2ncnn12. The Morgan fingerprint density at radius 2 is 2.20 bits per heavy atom. The summed E-state index contributed by atoms with van der Waals surface area (Å²) in [6.45, 7) is 0.0333. The molecule has 0 radical (unpaired) electrons. The second kappa shape index (κ2) is 4.94. The average Bonchev–Trinajstić information content (AvgIpc) is 2.81. The quantitative estimate of drug-likeness (QED) is 0.906. The number of aliphatic carboxylic acids is 1. The van der Waals surface area contributed by atoms with Crippen molar-refractivity contribution in [3.8, 4) is 0 Å². The smallest absolute Gasteiger partial charge is 0.433 e. The lowest BCUT2D eigenvalue weighted by Gasteiger charge is -2.19. The molecule has 7 nitrogen and oxygen atoms in total. The summed E-state index contributed by atoms with van der Waals surface area (Å²) in [7, 11) is 1.47. The van der Waals surface area contributed by atoms with Crippen molar-refractivity contribution in [3.63, 3.8) is 0 Å². The molecule has 20 heavy (non-hydrogen) atoms. The summed E-state index contributed by atoms with van der Waals surface area (Å²) in [4.78, 5) is 18.9. The molecule has 0 aliphatic rings. The third-order valence-electron chi connectivity index (χ3n) is 2.58. The van der Waals surface area contributed by atoms with E-state index in [2.05, 4.69) is 15.1 Å². The fourth-order valence-electron chi connectivity index (χ4n) is 1.59.